The number of ether oxygens (including phenoxy) is 2. The average molecular weight is 508 g/mol. The summed E-state index contributed by atoms with van der Waals surface area (Å²) in [6.45, 7) is 4.86. The summed E-state index contributed by atoms with van der Waals surface area (Å²) in [5, 5.41) is 2.19. The molecule has 0 saturated carbocycles. The van der Waals surface area contributed by atoms with Crippen molar-refractivity contribution < 1.29 is 36.2 Å². The Hall–Kier alpha value is -2.94. The van der Waals surface area contributed by atoms with E-state index in [9.17, 15) is 26.7 Å². The standard InChI is InChI=1S/C19H15BrF5N3O3/c1-19(2,3)31-18(29)28-9-6-11(21)10(12(22)7-9)4-5-13-14(20)17(27-8-26-13)30-16(25)15(23)24/h6-8,15-16H,1-3H3,(H,28,29). The van der Waals surface area contributed by atoms with Gasteiger partial charge in [-0.3, -0.25) is 5.32 Å². The van der Waals surface area contributed by atoms with Gasteiger partial charge in [-0.05, 0) is 54.8 Å². The zero-order valence-electron chi connectivity index (χ0n) is 16.3. The highest BCUT2D eigenvalue weighted by molar-refractivity contribution is 9.10. The largest absolute Gasteiger partial charge is 0.444 e. The predicted molar refractivity (Wildman–Crippen MR) is 103 cm³/mol. The first-order chi connectivity index (χ1) is 14.4. The molecule has 0 spiro atoms. The molecule has 1 unspecified atom stereocenters. The molecular formula is C19H15BrF5N3O3. The molecule has 31 heavy (non-hydrogen) atoms. The van der Waals surface area contributed by atoms with E-state index in [1.54, 1.807) is 20.8 Å². The Kier molecular flexibility index (Phi) is 7.78. The van der Waals surface area contributed by atoms with E-state index in [0.29, 0.717) is 0 Å². The van der Waals surface area contributed by atoms with Crippen LogP contribution in [-0.4, -0.2) is 34.4 Å². The SMILES string of the molecule is CC(C)(C)OC(=O)Nc1cc(F)c(C#Cc2ncnc(OC(F)C(F)F)c2Br)c(F)c1. The number of alkyl halides is 3. The van der Waals surface area contributed by atoms with Crippen molar-refractivity contribution in [2.45, 2.75) is 39.2 Å². The highest BCUT2D eigenvalue weighted by Crippen LogP contribution is 2.27. The second-order valence-corrected chi connectivity index (χ2v) is 7.63. The Bertz CT molecular complexity index is 1010. The molecule has 166 valence electrons. The molecule has 0 radical (unpaired) electrons. The van der Waals surface area contributed by atoms with Gasteiger partial charge >= 0.3 is 12.5 Å². The number of rotatable bonds is 4. The smallest absolute Gasteiger partial charge is 0.412 e. The summed E-state index contributed by atoms with van der Waals surface area (Å²) in [6, 6.07) is 1.66. The first kappa shape index (κ1) is 24.3. The summed E-state index contributed by atoms with van der Waals surface area (Å²) in [6.07, 6.45) is -6.40. The molecule has 12 heteroatoms. The zero-order chi connectivity index (χ0) is 23.3. The maximum Gasteiger partial charge on any atom is 0.412 e. The van der Waals surface area contributed by atoms with Crippen molar-refractivity contribution in [1.82, 2.24) is 9.97 Å². The molecule has 2 rings (SSSR count). The van der Waals surface area contributed by atoms with Crippen molar-refractivity contribution in [3.63, 3.8) is 0 Å². The normalized spacial score (nSPS) is 12.1. The van der Waals surface area contributed by atoms with Crippen LogP contribution in [0, 0.1) is 23.5 Å². The van der Waals surface area contributed by atoms with Gasteiger partial charge in [0.2, 0.25) is 5.88 Å². The summed E-state index contributed by atoms with van der Waals surface area (Å²) < 4.78 is 75.4. The minimum atomic E-state index is -3.41. The van der Waals surface area contributed by atoms with Crippen LogP contribution in [0.1, 0.15) is 32.0 Å². The van der Waals surface area contributed by atoms with E-state index in [2.05, 4.69) is 47.8 Å². The topological polar surface area (TPSA) is 73.3 Å². The van der Waals surface area contributed by atoms with Crippen LogP contribution in [0.5, 0.6) is 5.88 Å². The number of amides is 1. The molecule has 1 aromatic carbocycles. The number of hydrogen-bond donors (Lipinski definition) is 1. The maximum absolute atomic E-state index is 14.3. The highest BCUT2D eigenvalue weighted by Gasteiger charge is 2.23. The van der Waals surface area contributed by atoms with Gasteiger partial charge in [0.1, 0.15) is 33.7 Å². The summed E-state index contributed by atoms with van der Waals surface area (Å²) in [4.78, 5) is 18.9. The fraction of sp³-hybridized carbons (Fsp3) is 0.316. The number of carbonyl (C=O) groups is 1. The quantitative estimate of drug-likeness (QED) is 0.454. The predicted octanol–water partition coefficient (Wildman–Crippen LogP) is 5.20. The van der Waals surface area contributed by atoms with Crippen molar-refractivity contribution in [2.24, 2.45) is 0 Å². The monoisotopic (exact) mass is 507 g/mol. The molecule has 6 nitrogen and oxygen atoms in total. The molecule has 0 bridgehead atoms. The van der Waals surface area contributed by atoms with E-state index >= 15 is 0 Å². The molecule has 0 saturated heterocycles. The first-order valence-electron chi connectivity index (χ1n) is 8.48. The fourth-order valence-corrected chi connectivity index (χ4v) is 2.39. The van der Waals surface area contributed by atoms with E-state index in [4.69, 9.17) is 4.74 Å². The van der Waals surface area contributed by atoms with Gasteiger partial charge in [0.15, 0.2) is 0 Å². The lowest BCUT2D eigenvalue weighted by atomic mass is 10.1. The second-order valence-electron chi connectivity index (χ2n) is 6.84. The number of nitrogens with one attached hydrogen (secondary N) is 1. The van der Waals surface area contributed by atoms with Crippen molar-refractivity contribution in [3.05, 3.63) is 45.8 Å². The van der Waals surface area contributed by atoms with Crippen molar-refractivity contribution >= 4 is 27.7 Å². The number of carbonyl (C=O) groups excluding carboxylic acids is 1. The van der Waals surface area contributed by atoms with E-state index in [0.717, 1.165) is 18.5 Å². The first-order valence-corrected chi connectivity index (χ1v) is 9.27. The van der Waals surface area contributed by atoms with E-state index in [1.165, 1.54) is 0 Å². The summed E-state index contributed by atoms with van der Waals surface area (Å²) in [5.74, 6) is 1.76. The molecular weight excluding hydrogens is 493 g/mol. The molecule has 0 fully saturated rings. The summed E-state index contributed by atoms with van der Waals surface area (Å²) >= 11 is 2.92. The minimum absolute atomic E-state index is 0.185. The van der Waals surface area contributed by atoms with Crippen LogP contribution in [0.15, 0.2) is 22.9 Å². The van der Waals surface area contributed by atoms with E-state index in [-0.39, 0.29) is 15.9 Å². The number of benzene rings is 1. The molecule has 0 aliphatic heterocycles. The number of aromatic nitrogens is 2. The van der Waals surface area contributed by atoms with Gasteiger partial charge in [-0.2, -0.15) is 4.39 Å². The molecule has 1 heterocycles. The van der Waals surface area contributed by atoms with Crippen LogP contribution in [-0.2, 0) is 4.74 Å². The third-order valence-electron chi connectivity index (χ3n) is 3.17. The second kappa shape index (κ2) is 9.91. The molecule has 1 aromatic heterocycles. The Morgan fingerprint density at radius 1 is 1.13 bits per heavy atom. The third kappa shape index (κ3) is 7.06. The molecule has 1 N–H and O–H groups in total. The number of anilines is 1. The fourth-order valence-electron chi connectivity index (χ4n) is 1.99. The Morgan fingerprint density at radius 2 is 1.74 bits per heavy atom. The van der Waals surface area contributed by atoms with Crippen LogP contribution >= 0.6 is 15.9 Å². The Morgan fingerprint density at radius 3 is 2.29 bits per heavy atom. The lowest BCUT2D eigenvalue weighted by molar-refractivity contribution is -0.0695. The number of nitrogens with zero attached hydrogens (tertiary/aromatic N) is 2. The van der Waals surface area contributed by atoms with Crippen molar-refractivity contribution in [1.29, 1.82) is 0 Å². The third-order valence-corrected chi connectivity index (χ3v) is 3.89. The molecule has 0 aliphatic carbocycles. The van der Waals surface area contributed by atoms with Gasteiger partial charge in [-0.1, -0.05) is 5.92 Å². The van der Waals surface area contributed by atoms with Gasteiger partial charge in [0.25, 0.3) is 6.36 Å². The number of halogens is 6. The van der Waals surface area contributed by atoms with Crippen LogP contribution in [0.25, 0.3) is 0 Å². The van der Waals surface area contributed by atoms with Gasteiger partial charge in [0, 0.05) is 5.69 Å². The summed E-state index contributed by atoms with van der Waals surface area (Å²) in [7, 11) is 0. The van der Waals surface area contributed by atoms with Crippen LogP contribution in [0.4, 0.5) is 32.4 Å². The summed E-state index contributed by atoms with van der Waals surface area (Å²) in [5.41, 5.74) is -1.85. The van der Waals surface area contributed by atoms with Crippen molar-refractivity contribution in [3.8, 4) is 17.7 Å². The Labute approximate surface area is 182 Å². The molecule has 1 amide bonds. The van der Waals surface area contributed by atoms with E-state index in [1.807, 2.05) is 0 Å². The minimum Gasteiger partial charge on any atom is -0.444 e. The maximum atomic E-state index is 14.3. The van der Waals surface area contributed by atoms with Gasteiger partial charge in [0.05, 0.1) is 5.56 Å². The zero-order valence-corrected chi connectivity index (χ0v) is 17.9. The average Bonchev–Trinajstić information content (AvgIpc) is 2.61. The van der Waals surface area contributed by atoms with Gasteiger partial charge in [-0.15, -0.1) is 0 Å². The number of hydrogen-bond acceptors (Lipinski definition) is 5. The van der Waals surface area contributed by atoms with Crippen LogP contribution in [0.2, 0.25) is 0 Å². The lowest BCUT2D eigenvalue weighted by Crippen LogP contribution is -2.27. The van der Waals surface area contributed by atoms with Gasteiger partial charge in [-0.25, -0.2) is 32.3 Å². The van der Waals surface area contributed by atoms with Crippen molar-refractivity contribution in [2.75, 3.05) is 5.32 Å². The Balaban J connectivity index is 2.26. The lowest BCUT2D eigenvalue weighted by Gasteiger charge is -2.19. The molecule has 2 aromatic rings. The highest BCUT2D eigenvalue weighted by atomic mass is 79.9. The van der Waals surface area contributed by atoms with Gasteiger partial charge < -0.3 is 9.47 Å². The van der Waals surface area contributed by atoms with Crippen LogP contribution < -0.4 is 10.1 Å². The molecule has 0 aliphatic rings. The van der Waals surface area contributed by atoms with E-state index < -0.39 is 47.6 Å². The molecule has 1 atom stereocenters. The van der Waals surface area contributed by atoms with Crippen LogP contribution in [0.3, 0.4) is 0 Å².